The van der Waals surface area contributed by atoms with Crippen LogP contribution < -0.4 is 4.74 Å². The molecule has 150 valence electrons. The molecule has 2 aromatic carbocycles. The van der Waals surface area contributed by atoms with E-state index in [1.165, 1.54) is 5.56 Å². The van der Waals surface area contributed by atoms with Crippen molar-refractivity contribution >= 4 is 5.97 Å². The average Bonchev–Trinajstić information content (AvgIpc) is 2.67. The summed E-state index contributed by atoms with van der Waals surface area (Å²) < 4.78 is 5.50. The van der Waals surface area contributed by atoms with Crippen LogP contribution in [0, 0.1) is 0 Å². The maximum atomic E-state index is 12.4. The van der Waals surface area contributed by atoms with Crippen molar-refractivity contribution in [3.63, 3.8) is 0 Å². The predicted molar refractivity (Wildman–Crippen MR) is 116 cm³/mol. The molecule has 3 aromatic rings. The minimum atomic E-state index is -0.371. The molecule has 0 aliphatic carbocycles. The van der Waals surface area contributed by atoms with Gasteiger partial charge in [0.25, 0.3) is 0 Å². The minimum Gasteiger partial charge on any atom is -0.423 e. The van der Waals surface area contributed by atoms with Gasteiger partial charge < -0.3 is 4.74 Å². The molecule has 0 spiro atoms. The number of ether oxygens (including phenoxy) is 1. The van der Waals surface area contributed by atoms with Crippen molar-refractivity contribution in [1.29, 1.82) is 0 Å². The first-order chi connectivity index (χ1) is 13.5. The Hall–Kier alpha value is -3.01. The van der Waals surface area contributed by atoms with E-state index < -0.39 is 0 Å². The highest BCUT2D eigenvalue weighted by molar-refractivity contribution is 5.91. The van der Waals surface area contributed by atoms with E-state index in [0.717, 1.165) is 11.1 Å². The van der Waals surface area contributed by atoms with Crippen molar-refractivity contribution in [1.82, 2.24) is 9.97 Å². The van der Waals surface area contributed by atoms with Gasteiger partial charge in [0.05, 0.1) is 5.56 Å². The molecule has 0 saturated carbocycles. The van der Waals surface area contributed by atoms with Gasteiger partial charge in [0.1, 0.15) is 5.75 Å². The van der Waals surface area contributed by atoms with Crippen LogP contribution in [0.4, 0.5) is 0 Å². The fourth-order valence-electron chi connectivity index (χ4n) is 2.81. The maximum Gasteiger partial charge on any atom is 0.343 e. The van der Waals surface area contributed by atoms with Crippen molar-refractivity contribution in [2.45, 2.75) is 52.4 Å². The van der Waals surface area contributed by atoms with Crippen LogP contribution >= 0.6 is 0 Å². The second-order valence-electron chi connectivity index (χ2n) is 9.29. The molecule has 4 heteroatoms. The molecule has 29 heavy (non-hydrogen) atoms. The van der Waals surface area contributed by atoms with Crippen molar-refractivity contribution in [2.24, 2.45) is 0 Å². The van der Waals surface area contributed by atoms with Gasteiger partial charge >= 0.3 is 5.97 Å². The highest BCUT2D eigenvalue weighted by Crippen LogP contribution is 2.25. The van der Waals surface area contributed by atoms with Crippen LogP contribution in [0.25, 0.3) is 11.4 Å². The van der Waals surface area contributed by atoms with Crippen molar-refractivity contribution in [3.05, 3.63) is 77.6 Å². The highest BCUT2D eigenvalue weighted by atomic mass is 16.5. The third-order valence-corrected chi connectivity index (χ3v) is 4.83. The zero-order chi connectivity index (χ0) is 21.2. The molecular weight excluding hydrogens is 360 g/mol. The van der Waals surface area contributed by atoms with Crippen molar-refractivity contribution in [2.75, 3.05) is 0 Å². The number of rotatable bonds is 3. The number of esters is 1. The molecule has 0 N–H and O–H groups in total. The van der Waals surface area contributed by atoms with Crippen molar-refractivity contribution < 1.29 is 9.53 Å². The van der Waals surface area contributed by atoms with Gasteiger partial charge in [-0.25, -0.2) is 14.8 Å². The van der Waals surface area contributed by atoms with Gasteiger partial charge in [0, 0.05) is 18.0 Å². The van der Waals surface area contributed by atoms with E-state index in [4.69, 9.17) is 4.74 Å². The van der Waals surface area contributed by atoms with Crippen LogP contribution in [-0.4, -0.2) is 15.9 Å². The Balaban J connectivity index is 1.69. The van der Waals surface area contributed by atoms with E-state index in [1.807, 2.05) is 48.8 Å². The Morgan fingerprint density at radius 2 is 1.24 bits per heavy atom. The average molecular weight is 389 g/mol. The molecule has 1 heterocycles. The lowest BCUT2D eigenvalue weighted by molar-refractivity contribution is 0.0734. The van der Waals surface area contributed by atoms with E-state index in [2.05, 4.69) is 51.5 Å². The van der Waals surface area contributed by atoms with Gasteiger partial charge in [-0.3, -0.25) is 0 Å². The van der Waals surface area contributed by atoms with E-state index in [9.17, 15) is 4.79 Å². The Kier molecular flexibility index (Phi) is 5.56. The van der Waals surface area contributed by atoms with Crippen LogP contribution in [0.2, 0.25) is 0 Å². The lowest BCUT2D eigenvalue weighted by atomic mass is 9.87. The number of carbonyl (C=O) groups is 1. The quantitative estimate of drug-likeness (QED) is 0.410. The maximum absolute atomic E-state index is 12.4. The smallest absolute Gasteiger partial charge is 0.343 e. The molecule has 0 saturated heterocycles. The number of nitrogens with zero attached hydrogens (tertiary/aromatic N) is 2. The molecule has 1 aromatic heterocycles. The number of carbonyl (C=O) groups excluding carboxylic acids is 1. The largest absolute Gasteiger partial charge is 0.423 e. The first-order valence-electron chi connectivity index (χ1n) is 9.80. The van der Waals surface area contributed by atoms with E-state index in [0.29, 0.717) is 17.1 Å². The fourth-order valence-corrected chi connectivity index (χ4v) is 2.81. The topological polar surface area (TPSA) is 52.1 Å². The van der Waals surface area contributed by atoms with Gasteiger partial charge in [-0.2, -0.15) is 0 Å². The third-order valence-electron chi connectivity index (χ3n) is 4.83. The van der Waals surface area contributed by atoms with Gasteiger partial charge in [0.15, 0.2) is 5.82 Å². The van der Waals surface area contributed by atoms with Gasteiger partial charge in [-0.05, 0) is 58.4 Å². The normalized spacial score (nSPS) is 11.9. The monoisotopic (exact) mass is 388 g/mol. The van der Waals surface area contributed by atoms with E-state index >= 15 is 0 Å². The molecular formula is C25H28N2O2. The molecule has 0 fully saturated rings. The first-order valence-corrected chi connectivity index (χ1v) is 9.80. The van der Waals surface area contributed by atoms with Crippen LogP contribution in [0.1, 0.15) is 63.0 Å². The Morgan fingerprint density at radius 1 is 0.724 bits per heavy atom. The van der Waals surface area contributed by atoms with Crippen LogP contribution in [0.5, 0.6) is 5.75 Å². The molecule has 0 bridgehead atoms. The number of hydrogen-bond acceptors (Lipinski definition) is 4. The van der Waals surface area contributed by atoms with Crippen LogP contribution in [0.3, 0.4) is 0 Å². The van der Waals surface area contributed by atoms with Gasteiger partial charge in [-0.1, -0.05) is 53.7 Å². The standard InChI is InChI=1S/C25H28N2O2/c1-24(2,3)19-11-7-18(8-12-19)23(28)29-21-13-9-17(10-14-21)22-26-15-20(16-27-22)25(4,5)6/h7-16H,1-6H3. The summed E-state index contributed by atoms with van der Waals surface area (Å²) in [6, 6.07) is 14.8. The van der Waals surface area contributed by atoms with Crippen LogP contribution in [-0.2, 0) is 10.8 Å². The molecule has 0 aliphatic heterocycles. The second-order valence-corrected chi connectivity index (χ2v) is 9.29. The molecule has 0 unspecified atom stereocenters. The lowest BCUT2D eigenvalue weighted by Crippen LogP contribution is -2.13. The summed E-state index contributed by atoms with van der Waals surface area (Å²) in [5, 5.41) is 0. The zero-order valence-electron chi connectivity index (χ0n) is 18.0. The highest BCUT2D eigenvalue weighted by Gasteiger charge is 2.16. The lowest BCUT2D eigenvalue weighted by Gasteiger charge is -2.18. The third kappa shape index (κ3) is 5.08. The Bertz CT molecular complexity index is 975. The van der Waals surface area contributed by atoms with E-state index in [1.54, 1.807) is 12.1 Å². The predicted octanol–water partition coefficient (Wildman–Crippen LogP) is 5.96. The number of aromatic nitrogens is 2. The Labute approximate surface area is 173 Å². The van der Waals surface area contributed by atoms with E-state index in [-0.39, 0.29) is 16.8 Å². The summed E-state index contributed by atoms with van der Waals surface area (Å²) in [5.74, 6) is 0.766. The molecule has 0 atom stereocenters. The van der Waals surface area contributed by atoms with Gasteiger partial charge in [0.2, 0.25) is 0 Å². The fraction of sp³-hybridized carbons (Fsp3) is 0.320. The summed E-state index contributed by atoms with van der Waals surface area (Å²) >= 11 is 0. The molecule has 4 nitrogen and oxygen atoms in total. The molecule has 0 radical (unpaired) electrons. The summed E-state index contributed by atoms with van der Waals surface area (Å²) in [6.45, 7) is 12.8. The molecule has 3 rings (SSSR count). The molecule has 0 aliphatic rings. The number of hydrogen-bond donors (Lipinski definition) is 0. The summed E-state index contributed by atoms with van der Waals surface area (Å²) in [7, 11) is 0. The summed E-state index contributed by atoms with van der Waals surface area (Å²) in [5.41, 5.74) is 3.73. The minimum absolute atomic E-state index is 0.0155. The zero-order valence-corrected chi connectivity index (χ0v) is 18.0. The van der Waals surface area contributed by atoms with Gasteiger partial charge in [-0.15, -0.1) is 0 Å². The first kappa shape index (κ1) is 20.7. The second kappa shape index (κ2) is 7.78. The summed E-state index contributed by atoms with van der Waals surface area (Å²) in [6.07, 6.45) is 3.72. The Morgan fingerprint density at radius 3 is 1.72 bits per heavy atom. The van der Waals surface area contributed by atoms with Crippen LogP contribution in [0.15, 0.2) is 60.9 Å². The van der Waals surface area contributed by atoms with Crippen molar-refractivity contribution in [3.8, 4) is 17.1 Å². The summed E-state index contributed by atoms with van der Waals surface area (Å²) in [4.78, 5) is 21.3. The SMILES string of the molecule is CC(C)(C)c1ccc(C(=O)Oc2ccc(-c3ncc(C(C)(C)C)cn3)cc2)cc1. The number of benzene rings is 2. The molecule has 0 amide bonds.